The second-order valence-electron chi connectivity index (χ2n) is 7.15. The molecule has 0 aliphatic rings. The summed E-state index contributed by atoms with van der Waals surface area (Å²) >= 11 is 0. The van der Waals surface area contributed by atoms with Gasteiger partial charge in [0.25, 0.3) is 0 Å². The van der Waals surface area contributed by atoms with E-state index >= 15 is 0 Å². The Morgan fingerprint density at radius 2 is 0.975 bits per heavy atom. The van der Waals surface area contributed by atoms with E-state index in [-0.39, 0.29) is 18.9 Å². The third-order valence-electron chi connectivity index (χ3n) is 3.84. The van der Waals surface area contributed by atoms with Crippen LogP contribution in [0.4, 0.5) is 0 Å². The van der Waals surface area contributed by atoms with Gasteiger partial charge in [0, 0.05) is 122 Å². The van der Waals surface area contributed by atoms with Crippen LogP contribution in [0.2, 0.25) is 0 Å². The molecule has 0 aliphatic carbocycles. The topological polar surface area (TPSA) is 51.2 Å². The number of carbonyl (C=O) groups excluding carboxylic acids is 3. The molecule has 20 radical (unpaired) electrons. The highest BCUT2D eigenvalue weighted by atomic mass is 16.2. The molecule has 0 spiro atoms. The van der Waals surface area contributed by atoms with Crippen LogP contribution in [0, 0.1) is 0 Å². The molecule has 0 atom stereocenters. The smallest absolute Gasteiger partial charge is 0.303 e. The van der Waals surface area contributed by atoms with Crippen LogP contribution in [0.15, 0.2) is 60.8 Å². The van der Waals surface area contributed by atoms with Crippen molar-refractivity contribution in [2.24, 2.45) is 0 Å². The second kappa shape index (κ2) is 50.6. The molecule has 0 heterocycles. The van der Waals surface area contributed by atoms with Crippen molar-refractivity contribution in [1.29, 1.82) is 0 Å². The van der Waals surface area contributed by atoms with Gasteiger partial charge in [0.2, 0.25) is 0 Å². The van der Waals surface area contributed by atoms with E-state index in [4.69, 9.17) is 79.2 Å². The lowest BCUT2D eigenvalue weighted by Gasteiger charge is -2.17. The van der Waals surface area contributed by atoms with Gasteiger partial charge in [-0.15, -0.1) is 0 Å². The number of carbonyl (C=O) groups is 1. The van der Waals surface area contributed by atoms with Gasteiger partial charge in [-0.25, -0.2) is 0 Å². The van der Waals surface area contributed by atoms with Crippen LogP contribution in [0.1, 0.15) is 60.3 Å². The SMILES string of the molecule is C/C=C/C=C\CC/C=C/C.C/C=C/C=C\CCC=O.CC.O=C=O.[B][B]B(B([B])[B])B([B])[B].[B][B]B([B])B([B])[B]. The van der Waals surface area contributed by atoms with Crippen LogP contribution >= 0.6 is 0 Å². The average molecular weight is 507 g/mol. The molecule has 0 bridgehead atoms. The predicted octanol–water partition coefficient (Wildman–Crippen LogP) is -0.0773. The summed E-state index contributed by atoms with van der Waals surface area (Å²) in [6, 6.07) is 0. The minimum Gasteiger partial charge on any atom is -0.303 e. The average Bonchev–Trinajstić information content (AvgIpc) is 2.92. The van der Waals surface area contributed by atoms with Crippen LogP contribution in [0.3, 0.4) is 0 Å². The standard InChI is InChI=1S/C10H16.C8H12O.C2H6.CO2.B9.B7/c1-3-5-7-9-10-8-6-4-2;1-2-3-4-5-6-7-8-9;1-2;2-1-3;1-6-9(7(2)3)8(4)5;1-5-7(4)6(2)3/h3-7,9H,8,10H2,1-2H3;2-5,8H,6-7H2,1H3;1-2H3;;;/b5-3+,6-4+,9-7-;3-2+,5-4-;;;;. The predicted molar refractivity (Wildman–Crippen MR) is 196 cm³/mol. The van der Waals surface area contributed by atoms with Crippen molar-refractivity contribution in [3.05, 3.63) is 60.8 Å². The van der Waals surface area contributed by atoms with Gasteiger partial charge in [0.05, 0.1) is 0 Å². The fourth-order valence-corrected chi connectivity index (χ4v) is 1.74. The summed E-state index contributed by atoms with van der Waals surface area (Å²) in [6.07, 6.45) is 23.0. The Hall–Kier alpha value is -1.21. The first-order chi connectivity index (χ1) is 19.0. The molecule has 0 fully saturated rings. The van der Waals surface area contributed by atoms with Crippen LogP contribution in [-0.2, 0) is 14.4 Å². The second-order valence-corrected chi connectivity index (χ2v) is 7.15. The minimum atomic E-state index is -0.574. The summed E-state index contributed by atoms with van der Waals surface area (Å²) < 4.78 is 0. The first-order valence-electron chi connectivity index (χ1n) is 13.0. The van der Waals surface area contributed by atoms with Gasteiger partial charge in [-0.2, -0.15) is 9.59 Å². The van der Waals surface area contributed by atoms with Gasteiger partial charge >= 0.3 is 6.15 Å². The van der Waals surface area contributed by atoms with E-state index in [1.807, 2.05) is 58.1 Å². The molecular formula is C21H34B16O3. The summed E-state index contributed by atoms with van der Waals surface area (Å²) in [4.78, 5) is 26.0. The summed E-state index contributed by atoms with van der Waals surface area (Å²) in [5.74, 6) is 0. The summed E-state index contributed by atoms with van der Waals surface area (Å²) in [5.41, 5.74) is 0. The third-order valence-corrected chi connectivity index (χ3v) is 3.84. The van der Waals surface area contributed by atoms with Gasteiger partial charge < -0.3 is 4.79 Å². The van der Waals surface area contributed by atoms with Gasteiger partial charge in [-0.05, 0) is 40.0 Å². The van der Waals surface area contributed by atoms with Gasteiger partial charge in [-0.1, -0.05) is 74.6 Å². The molecule has 0 aromatic carbocycles. The van der Waals surface area contributed by atoms with Gasteiger partial charge in [0.1, 0.15) is 6.29 Å². The Labute approximate surface area is 262 Å². The molecule has 184 valence electrons. The molecule has 40 heavy (non-hydrogen) atoms. The number of hydrogen-bond donors (Lipinski definition) is 0. The normalized spacial score (nSPS) is 9.12. The van der Waals surface area contributed by atoms with E-state index in [1.54, 1.807) is 0 Å². The van der Waals surface area contributed by atoms with E-state index in [0.717, 1.165) is 25.5 Å². The van der Waals surface area contributed by atoms with Crippen molar-refractivity contribution < 1.29 is 14.4 Å². The van der Waals surface area contributed by atoms with Crippen molar-refractivity contribution in [3.63, 3.8) is 0 Å². The van der Waals surface area contributed by atoms with Crippen LogP contribution in [0.25, 0.3) is 0 Å². The fraction of sp³-hybridized carbons (Fsp3) is 0.429. The number of aldehydes is 1. The summed E-state index contributed by atoms with van der Waals surface area (Å²) in [6.45, 7) is 10.0. The number of rotatable bonds is 13. The molecule has 0 amide bonds. The zero-order valence-corrected chi connectivity index (χ0v) is 25.1. The zero-order chi connectivity index (χ0) is 32.6. The third kappa shape index (κ3) is 61.0. The van der Waals surface area contributed by atoms with E-state index in [1.165, 1.54) is 14.1 Å². The quantitative estimate of drug-likeness (QED) is 0.115. The molecule has 0 saturated heterocycles. The highest BCUT2D eigenvalue weighted by Crippen LogP contribution is 1.92. The van der Waals surface area contributed by atoms with Crippen molar-refractivity contribution >= 4 is 128 Å². The molecular weight excluding hydrogens is 473 g/mol. The Balaban J connectivity index is -0.0000000917. The van der Waals surface area contributed by atoms with E-state index < -0.39 is 19.2 Å². The maximum atomic E-state index is 9.79. The molecule has 0 N–H and O–H groups in total. The first kappa shape index (κ1) is 51.5. The zero-order valence-electron chi connectivity index (χ0n) is 25.1. The maximum absolute atomic E-state index is 9.79. The van der Waals surface area contributed by atoms with Crippen molar-refractivity contribution in [3.8, 4) is 0 Å². The minimum absolute atomic E-state index is 0.250. The lowest BCUT2D eigenvalue weighted by molar-refractivity contribution is -0.191. The van der Waals surface area contributed by atoms with Crippen molar-refractivity contribution in [2.75, 3.05) is 0 Å². The maximum Gasteiger partial charge on any atom is 0.373 e. The highest BCUT2D eigenvalue weighted by Gasteiger charge is 2.18. The molecule has 0 aromatic heterocycles. The number of allylic oxidation sites excluding steroid dienone is 10. The number of hydrogen-bond acceptors (Lipinski definition) is 3. The highest BCUT2D eigenvalue weighted by molar-refractivity contribution is 7.93. The van der Waals surface area contributed by atoms with Crippen molar-refractivity contribution in [1.82, 2.24) is 0 Å². The largest absolute Gasteiger partial charge is 0.373 e. The van der Waals surface area contributed by atoms with Crippen LogP contribution in [-0.4, -0.2) is 128 Å². The van der Waals surface area contributed by atoms with Gasteiger partial charge in [-0.3, -0.25) is 0 Å². The lowest BCUT2D eigenvalue weighted by Crippen LogP contribution is -2.55. The van der Waals surface area contributed by atoms with E-state index in [0.29, 0.717) is 6.42 Å². The molecule has 0 saturated carbocycles. The molecule has 3 nitrogen and oxygen atoms in total. The van der Waals surface area contributed by atoms with Crippen LogP contribution in [0.5, 0.6) is 0 Å². The molecule has 0 aliphatic heterocycles. The van der Waals surface area contributed by atoms with Crippen molar-refractivity contribution in [2.45, 2.75) is 60.3 Å². The Morgan fingerprint density at radius 3 is 1.18 bits per heavy atom. The fourth-order valence-electron chi connectivity index (χ4n) is 1.74. The Bertz CT molecular complexity index is 642. The molecule has 0 rings (SSSR count). The van der Waals surface area contributed by atoms with E-state index in [2.05, 4.69) is 37.3 Å². The molecule has 0 aromatic rings. The number of unbranched alkanes of at least 4 members (excludes halogenated alkanes) is 2. The monoisotopic (exact) mass is 510 g/mol. The van der Waals surface area contributed by atoms with E-state index in [9.17, 15) is 4.79 Å². The van der Waals surface area contributed by atoms with Crippen LogP contribution < -0.4 is 0 Å². The van der Waals surface area contributed by atoms with Gasteiger partial charge in [0.15, 0.2) is 0 Å². The molecule has 0 unspecified atom stereocenters. The lowest BCUT2D eigenvalue weighted by atomic mass is 8.64. The Morgan fingerprint density at radius 1 is 0.600 bits per heavy atom. The Kier molecular flexibility index (Phi) is 65.2. The first-order valence-corrected chi connectivity index (χ1v) is 13.0. The summed E-state index contributed by atoms with van der Waals surface area (Å²) in [7, 11) is 49.1. The molecule has 19 heteroatoms. The summed E-state index contributed by atoms with van der Waals surface area (Å²) in [5, 5.41) is 0.